The first-order valence-corrected chi connectivity index (χ1v) is 9.62. The van der Waals surface area contributed by atoms with Gasteiger partial charge in [0.15, 0.2) is 5.78 Å². The average molecular weight is 399 g/mol. The maximum absolute atomic E-state index is 12.2. The molecule has 2 unspecified atom stereocenters. The summed E-state index contributed by atoms with van der Waals surface area (Å²) in [7, 11) is 0. The summed E-state index contributed by atoms with van der Waals surface area (Å²) in [5.41, 5.74) is 1.31. The van der Waals surface area contributed by atoms with E-state index in [1.54, 1.807) is 18.2 Å². The van der Waals surface area contributed by atoms with Crippen molar-refractivity contribution in [2.24, 2.45) is 0 Å². The second-order valence-electron chi connectivity index (χ2n) is 6.59. The second kappa shape index (κ2) is 7.55. The molecule has 144 valence electrons. The number of benzene rings is 2. The zero-order chi connectivity index (χ0) is 19.7. The summed E-state index contributed by atoms with van der Waals surface area (Å²) in [4.78, 5) is 35.1. The van der Waals surface area contributed by atoms with E-state index in [-0.39, 0.29) is 35.7 Å². The second-order valence-corrected chi connectivity index (χ2v) is 7.77. The summed E-state index contributed by atoms with van der Waals surface area (Å²) in [5.74, 6) is 0.741. The number of aromatic hydroxyl groups is 1. The number of Topliss-reactive ketones (excluding diaryl/α,β-unsaturated/α-hetero) is 1. The fourth-order valence-corrected chi connectivity index (χ4v) is 3.98. The summed E-state index contributed by atoms with van der Waals surface area (Å²) in [5, 5.41) is 11.1. The Labute approximate surface area is 165 Å². The molecule has 1 saturated heterocycles. The molecule has 0 bridgehead atoms. The van der Waals surface area contributed by atoms with Crippen LogP contribution in [0.1, 0.15) is 22.3 Å². The van der Waals surface area contributed by atoms with E-state index in [9.17, 15) is 19.5 Å². The maximum Gasteiger partial charge on any atom is 0.286 e. The molecule has 2 aliphatic rings. The maximum atomic E-state index is 12.2. The molecule has 2 heterocycles. The molecule has 2 aromatic rings. The van der Waals surface area contributed by atoms with Crippen molar-refractivity contribution >= 4 is 28.7 Å². The number of carbonyl (C=O) groups excluding carboxylic acids is 3. The number of ketones is 1. The molecule has 0 saturated carbocycles. The molecule has 8 heteroatoms. The Balaban J connectivity index is 1.33. The van der Waals surface area contributed by atoms with Crippen LogP contribution in [0.2, 0.25) is 0 Å². The molecule has 2 N–H and O–H groups in total. The lowest BCUT2D eigenvalue weighted by Gasteiger charge is -2.25. The predicted molar refractivity (Wildman–Crippen MR) is 102 cm³/mol. The minimum atomic E-state index is -0.409. The van der Waals surface area contributed by atoms with Gasteiger partial charge in [0.05, 0.1) is 17.2 Å². The van der Waals surface area contributed by atoms with Gasteiger partial charge in [-0.15, -0.1) is 0 Å². The number of ether oxygens (including phenoxy) is 2. The molecule has 0 radical (unpaired) electrons. The first-order valence-electron chi connectivity index (χ1n) is 8.74. The third-order valence-electron chi connectivity index (χ3n) is 4.52. The largest absolute Gasteiger partial charge is 0.508 e. The summed E-state index contributed by atoms with van der Waals surface area (Å²) < 4.78 is 11.5. The van der Waals surface area contributed by atoms with E-state index in [0.29, 0.717) is 23.5 Å². The van der Waals surface area contributed by atoms with Gasteiger partial charge in [-0.2, -0.15) is 0 Å². The molecule has 2 atom stereocenters. The minimum absolute atomic E-state index is 0.0309. The number of rotatable bonds is 5. The van der Waals surface area contributed by atoms with E-state index in [1.807, 2.05) is 12.1 Å². The highest BCUT2D eigenvalue weighted by Gasteiger charge is 2.31. The average Bonchev–Trinajstić information content (AvgIpc) is 2.99. The Morgan fingerprint density at radius 2 is 1.93 bits per heavy atom. The SMILES string of the molecule is O=C1NC(=O)C(Cc2ccc(OCC3CC(=O)c4cc(O)ccc4O3)cc2)S1. The number of phenolic OH excluding ortho intramolecular Hbond substituents is 1. The van der Waals surface area contributed by atoms with Crippen LogP contribution in [0.25, 0.3) is 0 Å². The van der Waals surface area contributed by atoms with Crippen LogP contribution in [0.15, 0.2) is 42.5 Å². The third kappa shape index (κ3) is 3.96. The first-order chi connectivity index (χ1) is 13.5. The van der Waals surface area contributed by atoms with Gasteiger partial charge >= 0.3 is 0 Å². The molecular weight excluding hydrogens is 382 g/mol. The molecule has 1 fully saturated rings. The first kappa shape index (κ1) is 18.4. The van der Waals surface area contributed by atoms with Gasteiger partial charge in [-0.05, 0) is 42.3 Å². The van der Waals surface area contributed by atoms with Gasteiger partial charge in [0, 0.05) is 0 Å². The Morgan fingerprint density at radius 1 is 1.14 bits per heavy atom. The Morgan fingerprint density at radius 3 is 2.64 bits per heavy atom. The van der Waals surface area contributed by atoms with Crippen molar-refractivity contribution in [3.05, 3.63) is 53.6 Å². The highest BCUT2D eigenvalue weighted by atomic mass is 32.2. The van der Waals surface area contributed by atoms with Crippen molar-refractivity contribution in [2.45, 2.75) is 24.2 Å². The highest BCUT2D eigenvalue weighted by Crippen LogP contribution is 2.31. The molecule has 0 spiro atoms. The van der Waals surface area contributed by atoms with Crippen molar-refractivity contribution in [3.8, 4) is 17.2 Å². The molecule has 0 aromatic heterocycles. The lowest BCUT2D eigenvalue weighted by Crippen LogP contribution is -2.32. The molecule has 2 aliphatic heterocycles. The van der Waals surface area contributed by atoms with Gasteiger partial charge in [-0.25, -0.2) is 0 Å². The Hall–Kier alpha value is -3.00. The van der Waals surface area contributed by atoms with Crippen molar-refractivity contribution in [1.82, 2.24) is 5.32 Å². The van der Waals surface area contributed by atoms with Gasteiger partial charge < -0.3 is 14.6 Å². The van der Waals surface area contributed by atoms with Crippen molar-refractivity contribution in [2.75, 3.05) is 6.61 Å². The number of thioether (sulfide) groups is 1. The number of imide groups is 1. The van der Waals surface area contributed by atoms with Crippen molar-refractivity contribution in [3.63, 3.8) is 0 Å². The minimum Gasteiger partial charge on any atom is -0.508 e. The molecule has 7 nitrogen and oxygen atoms in total. The van der Waals surface area contributed by atoms with Gasteiger partial charge in [0.1, 0.15) is 30.0 Å². The van der Waals surface area contributed by atoms with Crippen LogP contribution in [0.4, 0.5) is 4.79 Å². The standard InChI is InChI=1S/C20H17NO6S/c22-12-3-6-17-15(8-12)16(23)9-14(27-17)10-26-13-4-1-11(2-5-13)7-18-19(24)21-20(25)28-18/h1-6,8,14,18,22H,7,9-10H2,(H,21,24,25). The van der Waals surface area contributed by atoms with Crippen LogP contribution in [0.5, 0.6) is 17.2 Å². The van der Waals surface area contributed by atoms with E-state index in [4.69, 9.17) is 9.47 Å². The molecule has 4 rings (SSSR count). The van der Waals surface area contributed by atoms with Crippen LogP contribution in [-0.4, -0.2) is 40.0 Å². The van der Waals surface area contributed by atoms with E-state index in [1.165, 1.54) is 12.1 Å². The summed E-state index contributed by atoms with van der Waals surface area (Å²) in [6.45, 7) is 0.209. The molecule has 0 aliphatic carbocycles. The number of fused-ring (bicyclic) bond motifs is 1. The number of hydrogen-bond acceptors (Lipinski definition) is 7. The van der Waals surface area contributed by atoms with E-state index >= 15 is 0 Å². The fourth-order valence-electron chi connectivity index (χ4n) is 3.12. The van der Waals surface area contributed by atoms with Crippen LogP contribution < -0.4 is 14.8 Å². The smallest absolute Gasteiger partial charge is 0.286 e. The lowest BCUT2D eigenvalue weighted by atomic mass is 10.0. The number of hydrogen-bond donors (Lipinski definition) is 2. The fraction of sp³-hybridized carbons (Fsp3) is 0.250. The van der Waals surface area contributed by atoms with Gasteiger partial charge in [-0.1, -0.05) is 23.9 Å². The number of phenols is 1. The van der Waals surface area contributed by atoms with E-state index < -0.39 is 11.4 Å². The van der Waals surface area contributed by atoms with Crippen LogP contribution >= 0.6 is 11.8 Å². The quantitative estimate of drug-likeness (QED) is 0.797. The van der Waals surface area contributed by atoms with Crippen LogP contribution in [0, 0.1) is 0 Å². The van der Waals surface area contributed by atoms with Crippen molar-refractivity contribution in [1.29, 1.82) is 0 Å². The van der Waals surface area contributed by atoms with Crippen LogP contribution in [0.3, 0.4) is 0 Å². The summed E-state index contributed by atoms with van der Waals surface area (Å²) in [6.07, 6.45) is 0.233. The molecular formula is C20H17NO6S. The van der Waals surface area contributed by atoms with Crippen molar-refractivity contribution < 1.29 is 29.0 Å². The monoisotopic (exact) mass is 399 g/mol. The normalized spacial score (nSPS) is 21.1. The zero-order valence-electron chi connectivity index (χ0n) is 14.7. The van der Waals surface area contributed by atoms with Crippen LogP contribution in [-0.2, 0) is 11.2 Å². The molecule has 2 amide bonds. The lowest BCUT2D eigenvalue weighted by molar-refractivity contribution is -0.118. The summed E-state index contributed by atoms with van der Waals surface area (Å²) in [6, 6.07) is 11.7. The number of amides is 2. The number of carbonyl (C=O) groups is 3. The Kier molecular flexibility index (Phi) is 4.95. The van der Waals surface area contributed by atoms with E-state index in [0.717, 1.165) is 17.3 Å². The summed E-state index contributed by atoms with van der Waals surface area (Å²) >= 11 is 1.00. The highest BCUT2D eigenvalue weighted by molar-refractivity contribution is 8.15. The predicted octanol–water partition coefficient (Wildman–Crippen LogP) is 2.70. The molecule has 2 aromatic carbocycles. The van der Waals surface area contributed by atoms with Gasteiger partial charge in [0.25, 0.3) is 5.24 Å². The topological polar surface area (TPSA) is 102 Å². The molecule has 28 heavy (non-hydrogen) atoms. The zero-order valence-corrected chi connectivity index (χ0v) is 15.5. The van der Waals surface area contributed by atoms with Gasteiger partial charge in [-0.3, -0.25) is 19.7 Å². The van der Waals surface area contributed by atoms with Gasteiger partial charge in [0.2, 0.25) is 5.91 Å². The number of nitrogens with one attached hydrogen (secondary N) is 1. The third-order valence-corrected chi connectivity index (χ3v) is 5.50. The Bertz CT molecular complexity index is 942. The van der Waals surface area contributed by atoms with E-state index in [2.05, 4.69) is 5.32 Å².